The first-order chi connectivity index (χ1) is 20.9. The third-order valence-electron chi connectivity index (χ3n) is 8.54. The van der Waals surface area contributed by atoms with Crippen LogP contribution in [0.1, 0.15) is 93.3 Å². The molecule has 4 aromatic rings. The topological polar surface area (TPSA) is 93.0 Å². The van der Waals surface area contributed by atoms with Gasteiger partial charge in [0.15, 0.2) is 5.78 Å². The number of aromatic nitrogens is 4. The first-order valence-electron chi connectivity index (χ1n) is 15.7. The Morgan fingerprint density at radius 2 is 1.79 bits per heavy atom. The number of carbonyl (C=O) groups is 2. The van der Waals surface area contributed by atoms with Crippen molar-refractivity contribution in [2.24, 2.45) is 11.8 Å². The molecule has 1 atom stereocenters. The van der Waals surface area contributed by atoms with Crippen molar-refractivity contribution in [3.63, 3.8) is 0 Å². The number of ketones is 1. The normalized spacial score (nSPS) is 15.0. The average molecular weight is 601 g/mol. The fraction of sp³-hybridized carbons (Fsp3) is 0.500. The molecule has 0 unspecified atom stereocenters. The molecule has 4 heterocycles. The van der Waals surface area contributed by atoms with Crippen molar-refractivity contribution in [3.05, 3.63) is 70.4 Å². The Morgan fingerprint density at radius 1 is 1.05 bits per heavy atom. The molecule has 1 saturated heterocycles. The van der Waals surface area contributed by atoms with Gasteiger partial charge in [-0.15, -0.1) is 11.3 Å². The number of nitrogens with one attached hydrogen (secondary N) is 1. The van der Waals surface area contributed by atoms with E-state index in [1.54, 1.807) is 23.7 Å². The Balaban J connectivity index is 1.29. The summed E-state index contributed by atoms with van der Waals surface area (Å²) in [4.78, 5) is 44.3. The summed E-state index contributed by atoms with van der Waals surface area (Å²) < 4.78 is 2.37. The molecule has 228 valence electrons. The summed E-state index contributed by atoms with van der Waals surface area (Å²) in [5.74, 6) is 1.69. The molecule has 0 saturated carbocycles. The standard InChI is InChI=1S/C34H44N6O2S/c1-5-27(6-2)40-30-11-10-24(20-29(30)38-32(40)22-28-9-7-18-43-28)31(41)21-25(19-23(3)4)33(42)37-26-12-16-39(17-13-26)34-35-14-8-15-36-34/h7-11,14-15,18,20,23,25-27H,5-6,12-13,16-17,19,21-22H2,1-4H3,(H,37,42)/t25-/m1/s1. The van der Waals surface area contributed by atoms with E-state index in [9.17, 15) is 9.59 Å². The molecule has 0 radical (unpaired) electrons. The number of imidazole rings is 1. The van der Waals surface area contributed by atoms with Crippen molar-refractivity contribution in [2.75, 3.05) is 18.0 Å². The Labute approximate surface area is 259 Å². The smallest absolute Gasteiger partial charge is 0.225 e. The minimum atomic E-state index is -0.366. The summed E-state index contributed by atoms with van der Waals surface area (Å²) in [6.45, 7) is 10.2. The minimum absolute atomic E-state index is 0.00404. The van der Waals surface area contributed by atoms with Crippen LogP contribution in [-0.4, -0.2) is 50.3 Å². The van der Waals surface area contributed by atoms with Gasteiger partial charge in [-0.25, -0.2) is 15.0 Å². The van der Waals surface area contributed by atoms with Crippen LogP contribution >= 0.6 is 11.3 Å². The van der Waals surface area contributed by atoms with E-state index in [1.807, 2.05) is 24.3 Å². The molecule has 1 amide bonds. The molecule has 1 N–H and O–H groups in total. The van der Waals surface area contributed by atoms with E-state index in [0.29, 0.717) is 23.9 Å². The number of amides is 1. The zero-order valence-electron chi connectivity index (χ0n) is 25.8. The van der Waals surface area contributed by atoms with Crippen LogP contribution in [0.2, 0.25) is 0 Å². The molecule has 0 bridgehead atoms. The Morgan fingerprint density at radius 3 is 2.44 bits per heavy atom. The highest BCUT2D eigenvalue weighted by Crippen LogP contribution is 2.29. The first kappa shape index (κ1) is 30.9. The van der Waals surface area contributed by atoms with Crippen LogP contribution < -0.4 is 10.2 Å². The van der Waals surface area contributed by atoms with Crippen LogP contribution in [0.4, 0.5) is 5.95 Å². The molecule has 8 nitrogen and oxygen atoms in total. The lowest BCUT2D eigenvalue weighted by Gasteiger charge is -2.33. The maximum absolute atomic E-state index is 13.6. The fourth-order valence-corrected chi connectivity index (χ4v) is 6.97. The SMILES string of the molecule is CCC(CC)n1c(Cc2cccs2)nc2cc(C(=O)C[C@@H](CC(C)C)C(=O)NC3CCN(c4ncccn4)CC3)ccc21. The second-order valence-corrected chi connectivity index (χ2v) is 13.1. The van der Waals surface area contributed by atoms with Crippen molar-refractivity contribution in [1.82, 2.24) is 24.8 Å². The summed E-state index contributed by atoms with van der Waals surface area (Å²) in [6.07, 6.45) is 8.85. The number of fused-ring (bicyclic) bond motifs is 1. The Kier molecular flexibility index (Phi) is 10.2. The van der Waals surface area contributed by atoms with Gasteiger partial charge in [0, 0.05) is 66.8 Å². The molecular formula is C34H44N6O2S. The van der Waals surface area contributed by atoms with Gasteiger partial charge >= 0.3 is 0 Å². The molecule has 1 fully saturated rings. The average Bonchev–Trinajstić information content (AvgIpc) is 3.66. The van der Waals surface area contributed by atoms with E-state index >= 15 is 0 Å². The zero-order chi connectivity index (χ0) is 30.3. The van der Waals surface area contributed by atoms with E-state index in [1.165, 1.54) is 4.88 Å². The lowest BCUT2D eigenvalue weighted by Crippen LogP contribution is -2.47. The van der Waals surface area contributed by atoms with E-state index in [0.717, 1.165) is 68.0 Å². The highest BCUT2D eigenvalue weighted by atomic mass is 32.1. The van der Waals surface area contributed by atoms with Gasteiger partial charge in [-0.2, -0.15) is 0 Å². The van der Waals surface area contributed by atoms with E-state index in [2.05, 4.69) is 70.0 Å². The van der Waals surface area contributed by atoms with Crippen molar-refractivity contribution < 1.29 is 9.59 Å². The van der Waals surface area contributed by atoms with Crippen molar-refractivity contribution in [1.29, 1.82) is 0 Å². The van der Waals surface area contributed by atoms with Crippen molar-refractivity contribution >= 4 is 40.0 Å². The van der Waals surface area contributed by atoms with Gasteiger partial charge in [-0.3, -0.25) is 9.59 Å². The van der Waals surface area contributed by atoms with Gasteiger partial charge in [0.25, 0.3) is 0 Å². The number of piperidine rings is 1. The molecule has 1 aliphatic heterocycles. The molecule has 9 heteroatoms. The first-order valence-corrected chi connectivity index (χ1v) is 16.6. The second-order valence-electron chi connectivity index (χ2n) is 12.1. The van der Waals surface area contributed by atoms with Crippen molar-refractivity contribution in [2.45, 2.75) is 84.7 Å². The van der Waals surface area contributed by atoms with Crippen LogP contribution in [0, 0.1) is 11.8 Å². The van der Waals surface area contributed by atoms with Gasteiger partial charge in [0.05, 0.1) is 11.0 Å². The lowest BCUT2D eigenvalue weighted by atomic mass is 9.89. The van der Waals surface area contributed by atoms with Gasteiger partial charge < -0.3 is 14.8 Å². The Bertz CT molecular complexity index is 1490. The van der Waals surface area contributed by atoms with Gasteiger partial charge in [0.1, 0.15) is 5.82 Å². The molecule has 0 spiro atoms. The minimum Gasteiger partial charge on any atom is -0.353 e. The van der Waals surface area contributed by atoms with Crippen LogP contribution in [0.25, 0.3) is 11.0 Å². The summed E-state index contributed by atoms with van der Waals surface area (Å²) in [6, 6.07) is 12.4. The number of carbonyl (C=O) groups excluding carboxylic acids is 2. The quantitative estimate of drug-likeness (QED) is 0.169. The number of anilines is 1. The lowest BCUT2D eigenvalue weighted by molar-refractivity contribution is -0.126. The molecule has 0 aliphatic carbocycles. The van der Waals surface area contributed by atoms with E-state index in [-0.39, 0.29) is 30.1 Å². The monoisotopic (exact) mass is 600 g/mol. The fourth-order valence-electron chi connectivity index (χ4n) is 6.27. The highest BCUT2D eigenvalue weighted by Gasteiger charge is 2.28. The third-order valence-corrected chi connectivity index (χ3v) is 9.42. The maximum Gasteiger partial charge on any atom is 0.225 e. The predicted molar refractivity (Wildman–Crippen MR) is 174 cm³/mol. The molecule has 1 aliphatic rings. The predicted octanol–water partition coefficient (Wildman–Crippen LogP) is 6.86. The highest BCUT2D eigenvalue weighted by molar-refractivity contribution is 7.09. The number of rotatable bonds is 13. The van der Waals surface area contributed by atoms with Crippen molar-refractivity contribution in [3.8, 4) is 0 Å². The van der Waals surface area contributed by atoms with Gasteiger partial charge in [0.2, 0.25) is 11.9 Å². The zero-order valence-corrected chi connectivity index (χ0v) is 26.6. The number of benzene rings is 1. The molecular weight excluding hydrogens is 556 g/mol. The summed E-state index contributed by atoms with van der Waals surface area (Å²) in [5, 5.41) is 5.37. The van der Waals surface area contributed by atoms with Crippen LogP contribution in [0.15, 0.2) is 54.2 Å². The maximum atomic E-state index is 13.6. The number of nitrogens with zero attached hydrogens (tertiary/aromatic N) is 5. The summed E-state index contributed by atoms with van der Waals surface area (Å²) >= 11 is 1.74. The molecule has 1 aromatic carbocycles. The van der Waals surface area contributed by atoms with Crippen LogP contribution in [0.3, 0.4) is 0 Å². The number of hydrogen-bond donors (Lipinski definition) is 1. The van der Waals surface area contributed by atoms with Gasteiger partial charge in [-0.05, 0) is 73.7 Å². The van der Waals surface area contributed by atoms with E-state index in [4.69, 9.17) is 4.98 Å². The van der Waals surface area contributed by atoms with E-state index < -0.39 is 0 Å². The largest absolute Gasteiger partial charge is 0.353 e. The second kappa shape index (κ2) is 14.3. The van der Waals surface area contributed by atoms with Gasteiger partial charge in [-0.1, -0.05) is 33.8 Å². The number of hydrogen-bond acceptors (Lipinski definition) is 7. The summed E-state index contributed by atoms with van der Waals surface area (Å²) in [7, 11) is 0. The number of Topliss-reactive ketones (excluding diaryl/α,β-unsaturated/α-hetero) is 1. The van der Waals surface area contributed by atoms with Crippen LogP contribution in [0.5, 0.6) is 0 Å². The molecule has 43 heavy (non-hydrogen) atoms. The van der Waals surface area contributed by atoms with Crippen LogP contribution in [-0.2, 0) is 11.2 Å². The summed E-state index contributed by atoms with van der Waals surface area (Å²) in [5.41, 5.74) is 2.55. The Hall–Kier alpha value is -3.59. The molecule has 5 rings (SSSR count). The molecule has 3 aromatic heterocycles. The third kappa shape index (κ3) is 7.50. The number of thiophene rings is 1.